The molecule has 0 aliphatic carbocycles. The minimum atomic E-state index is -0.242. The highest BCUT2D eigenvalue weighted by Crippen LogP contribution is 2.24. The van der Waals surface area contributed by atoms with E-state index in [0.29, 0.717) is 23.3 Å². The predicted molar refractivity (Wildman–Crippen MR) is 121 cm³/mol. The van der Waals surface area contributed by atoms with E-state index in [1.165, 1.54) is 16.7 Å². The average Bonchev–Trinajstić information content (AvgIpc) is 3.39. The number of hydrogen-bond acceptors (Lipinski definition) is 6. The minimum absolute atomic E-state index is 0.0375. The fourth-order valence-corrected chi connectivity index (χ4v) is 3.90. The van der Waals surface area contributed by atoms with Crippen molar-refractivity contribution < 1.29 is 14.0 Å². The van der Waals surface area contributed by atoms with Gasteiger partial charge in [0.2, 0.25) is 17.6 Å². The second kappa shape index (κ2) is 10.1. The number of carbonyl (C=O) groups excluding carboxylic acids is 2. The number of carbonyl (C=O) groups is 2. The van der Waals surface area contributed by atoms with Crippen LogP contribution in [0.15, 0.2) is 58.8 Å². The van der Waals surface area contributed by atoms with Crippen LogP contribution in [-0.4, -0.2) is 50.8 Å². The van der Waals surface area contributed by atoms with Gasteiger partial charge in [0, 0.05) is 19.3 Å². The topological polar surface area (TPSA) is 93.3 Å². The maximum Gasteiger partial charge on any atom is 0.243 e. The number of hydrogen-bond donors (Lipinski definition) is 1. The normalized spacial score (nSPS) is 10.7. The molecule has 0 aliphatic rings. The number of thioether (sulfide) groups is 1. The van der Waals surface area contributed by atoms with E-state index in [2.05, 4.69) is 22.1 Å². The van der Waals surface area contributed by atoms with Gasteiger partial charge in [-0.1, -0.05) is 36.0 Å². The number of rotatable bonds is 9. The monoisotopic (exact) mass is 439 g/mol. The first kappa shape index (κ1) is 22.4. The zero-order chi connectivity index (χ0) is 22.4. The lowest BCUT2D eigenvalue weighted by Gasteiger charge is -2.18. The molecule has 2 amide bonds. The van der Waals surface area contributed by atoms with Crippen molar-refractivity contribution in [3.05, 3.63) is 60.4 Å². The molecule has 8 nitrogen and oxygen atoms in total. The third-order valence-corrected chi connectivity index (χ3v) is 5.60. The lowest BCUT2D eigenvalue weighted by Crippen LogP contribution is -2.36. The van der Waals surface area contributed by atoms with Crippen molar-refractivity contribution >= 4 is 29.3 Å². The number of furan rings is 1. The van der Waals surface area contributed by atoms with Crippen LogP contribution in [-0.2, 0) is 16.1 Å². The Hall–Kier alpha value is -3.33. The third-order valence-electron chi connectivity index (χ3n) is 4.65. The van der Waals surface area contributed by atoms with Gasteiger partial charge >= 0.3 is 0 Å². The van der Waals surface area contributed by atoms with Crippen LogP contribution in [0.4, 0.5) is 5.69 Å². The number of aryl methyl sites for hydroxylation is 2. The van der Waals surface area contributed by atoms with Crippen molar-refractivity contribution in [3.8, 4) is 11.6 Å². The van der Waals surface area contributed by atoms with Gasteiger partial charge in [-0.05, 0) is 37.1 Å². The number of anilines is 1. The zero-order valence-corrected chi connectivity index (χ0v) is 18.6. The Bertz CT molecular complexity index is 1050. The lowest BCUT2D eigenvalue weighted by molar-refractivity contribution is -0.131. The second-order valence-corrected chi connectivity index (χ2v) is 7.98. The Labute approximate surface area is 185 Å². The fourth-order valence-electron chi connectivity index (χ4n) is 3.01. The largest absolute Gasteiger partial charge is 0.461 e. The van der Waals surface area contributed by atoms with Crippen LogP contribution in [0.1, 0.15) is 11.1 Å². The van der Waals surface area contributed by atoms with Crippen LogP contribution in [0.5, 0.6) is 0 Å². The summed E-state index contributed by atoms with van der Waals surface area (Å²) in [6, 6.07) is 9.38. The van der Waals surface area contributed by atoms with Crippen molar-refractivity contribution in [2.75, 3.05) is 24.7 Å². The van der Waals surface area contributed by atoms with Crippen molar-refractivity contribution in [2.24, 2.45) is 0 Å². The van der Waals surface area contributed by atoms with E-state index in [4.69, 9.17) is 4.42 Å². The van der Waals surface area contributed by atoms with Crippen molar-refractivity contribution in [2.45, 2.75) is 25.5 Å². The molecule has 0 saturated carbocycles. The summed E-state index contributed by atoms with van der Waals surface area (Å²) in [5.41, 5.74) is 2.74. The highest BCUT2D eigenvalue weighted by molar-refractivity contribution is 7.99. The van der Waals surface area contributed by atoms with E-state index in [-0.39, 0.29) is 24.1 Å². The van der Waals surface area contributed by atoms with Gasteiger partial charge in [-0.15, -0.1) is 16.8 Å². The van der Waals surface area contributed by atoms with Gasteiger partial charge in [-0.2, -0.15) is 0 Å². The van der Waals surface area contributed by atoms with Crippen LogP contribution in [0.2, 0.25) is 0 Å². The number of nitrogens with zero attached hydrogens (tertiary/aromatic N) is 4. The van der Waals surface area contributed by atoms with Gasteiger partial charge in [-0.3, -0.25) is 14.2 Å². The number of para-hydroxylation sites is 1. The molecule has 1 aromatic carbocycles. The summed E-state index contributed by atoms with van der Waals surface area (Å²) in [4.78, 5) is 26.4. The molecule has 162 valence electrons. The third kappa shape index (κ3) is 5.43. The highest BCUT2D eigenvalue weighted by atomic mass is 32.2. The van der Waals surface area contributed by atoms with Crippen LogP contribution in [0.25, 0.3) is 11.6 Å². The summed E-state index contributed by atoms with van der Waals surface area (Å²) >= 11 is 1.25. The molecular weight excluding hydrogens is 414 g/mol. The standard InChI is InChI=1S/C22H25N5O3S/c1-5-11-27-21(17-10-7-12-30-17)24-25-22(27)31-14-19(29)26(4)13-18(28)23-20-15(2)8-6-9-16(20)3/h5-10,12H,1,11,13-14H2,2-4H3,(H,23,28). The van der Waals surface area contributed by atoms with E-state index in [1.54, 1.807) is 31.5 Å². The van der Waals surface area contributed by atoms with Crippen LogP contribution < -0.4 is 5.32 Å². The Morgan fingerprint density at radius 2 is 1.97 bits per heavy atom. The molecule has 0 unspecified atom stereocenters. The number of benzene rings is 1. The first-order chi connectivity index (χ1) is 14.9. The van der Waals surface area contributed by atoms with E-state index in [1.807, 2.05) is 36.6 Å². The predicted octanol–water partition coefficient (Wildman–Crippen LogP) is 3.53. The van der Waals surface area contributed by atoms with E-state index >= 15 is 0 Å². The minimum Gasteiger partial charge on any atom is -0.461 e. The van der Waals surface area contributed by atoms with Gasteiger partial charge in [0.1, 0.15) is 0 Å². The first-order valence-electron chi connectivity index (χ1n) is 9.71. The average molecular weight is 440 g/mol. The SMILES string of the molecule is C=CCn1c(SCC(=O)N(C)CC(=O)Nc2c(C)cccc2C)nnc1-c1ccco1. The van der Waals surface area contributed by atoms with Gasteiger partial charge in [-0.25, -0.2) is 0 Å². The lowest BCUT2D eigenvalue weighted by atomic mass is 10.1. The molecule has 0 spiro atoms. The Morgan fingerprint density at radius 1 is 1.23 bits per heavy atom. The fraction of sp³-hybridized carbons (Fsp3) is 0.273. The number of nitrogens with one attached hydrogen (secondary N) is 1. The van der Waals surface area contributed by atoms with Crippen molar-refractivity contribution in [3.63, 3.8) is 0 Å². The first-order valence-corrected chi connectivity index (χ1v) is 10.7. The smallest absolute Gasteiger partial charge is 0.243 e. The molecule has 0 fully saturated rings. The number of likely N-dealkylation sites (N-methyl/N-ethyl adjacent to an activating group) is 1. The molecule has 0 radical (unpaired) electrons. The molecule has 9 heteroatoms. The number of aromatic nitrogens is 3. The molecule has 2 heterocycles. The molecule has 3 rings (SSSR count). The van der Waals surface area contributed by atoms with Gasteiger partial charge in [0.15, 0.2) is 10.9 Å². The van der Waals surface area contributed by atoms with Crippen molar-refractivity contribution in [1.29, 1.82) is 0 Å². The summed E-state index contributed by atoms with van der Waals surface area (Å²) in [6.45, 7) is 8.08. The summed E-state index contributed by atoms with van der Waals surface area (Å²) in [6.07, 6.45) is 3.29. The number of amides is 2. The summed E-state index contributed by atoms with van der Waals surface area (Å²) < 4.78 is 7.24. The molecule has 1 N–H and O–H groups in total. The van der Waals surface area contributed by atoms with E-state index in [9.17, 15) is 9.59 Å². The summed E-state index contributed by atoms with van der Waals surface area (Å²) in [7, 11) is 1.61. The van der Waals surface area contributed by atoms with Gasteiger partial charge in [0.25, 0.3) is 0 Å². The molecule has 0 saturated heterocycles. The van der Waals surface area contributed by atoms with Crippen LogP contribution in [0, 0.1) is 13.8 Å². The number of allylic oxidation sites excluding steroid dienone is 1. The van der Waals surface area contributed by atoms with Gasteiger partial charge in [0.05, 0.1) is 18.6 Å². The van der Waals surface area contributed by atoms with Crippen molar-refractivity contribution in [1.82, 2.24) is 19.7 Å². The zero-order valence-electron chi connectivity index (χ0n) is 17.8. The van der Waals surface area contributed by atoms with E-state index in [0.717, 1.165) is 16.8 Å². The Morgan fingerprint density at radius 3 is 2.61 bits per heavy atom. The Balaban J connectivity index is 1.59. The molecule has 0 atom stereocenters. The quantitative estimate of drug-likeness (QED) is 0.405. The molecule has 0 bridgehead atoms. The molecule has 31 heavy (non-hydrogen) atoms. The molecule has 0 aliphatic heterocycles. The summed E-state index contributed by atoms with van der Waals surface area (Å²) in [5, 5.41) is 11.8. The van der Waals surface area contributed by atoms with Gasteiger partial charge < -0.3 is 14.6 Å². The van der Waals surface area contributed by atoms with E-state index < -0.39 is 0 Å². The molecular formula is C22H25N5O3S. The maximum atomic E-state index is 12.6. The maximum absolute atomic E-state index is 12.6. The van der Waals surface area contributed by atoms with Crippen LogP contribution in [0.3, 0.4) is 0 Å². The summed E-state index contributed by atoms with van der Waals surface area (Å²) in [5.74, 6) is 0.859. The molecule has 2 aromatic heterocycles. The molecule has 3 aromatic rings. The second-order valence-electron chi connectivity index (χ2n) is 7.04. The Kier molecular flexibility index (Phi) is 7.30. The van der Waals surface area contributed by atoms with Crippen LogP contribution >= 0.6 is 11.8 Å². The highest BCUT2D eigenvalue weighted by Gasteiger charge is 2.19.